The first kappa shape index (κ1) is 16.9. The summed E-state index contributed by atoms with van der Waals surface area (Å²) in [6.07, 6.45) is 1.03. The van der Waals surface area contributed by atoms with E-state index in [0.717, 1.165) is 37.8 Å². The van der Waals surface area contributed by atoms with Crippen LogP contribution in [-0.4, -0.2) is 21.1 Å². The van der Waals surface area contributed by atoms with Crippen molar-refractivity contribution in [3.05, 3.63) is 51.1 Å². The number of aromatic nitrogens is 2. The fraction of sp³-hybridized carbons (Fsp3) is 0.250. The van der Waals surface area contributed by atoms with Crippen molar-refractivity contribution in [3.8, 4) is 0 Å². The second-order valence-corrected chi connectivity index (χ2v) is 8.38. The van der Waals surface area contributed by atoms with Gasteiger partial charge in [0.05, 0.1) is 10.4 Å². The molecule has 0 saturated heterocycles. The quantitative estimate of drug-likeness (QED) is 0.344. The summed E-state index contributed by atoms with van der Waals surface area (Å²) in [6.45, 7) is 0. The van der Waals surface area contributed by atoms with E-state index in [0.29, 0.717) is 5.39 Å². The zero-order chi connectivity index (χ0) is 16.2. The molecule has 0 saturated carbocycles. The Balaban J connectivity index is 1.56. The summed E-state index contributed by atoms with van der Waals surface area (Å²) < 4.78 is 1.64. The molecule has 0 spiro atoms. The van der Waals surface area contributed by atoms with E-state index in [9.17, 15) is 4.79 Å². The zero-order valence-electron chi connectivity index (χ0n) is 12.5. The molecule has 0 amide bonds. The van der Waals surface area contributed by atoms with Gasteiger partial charge in [-0.05, 0) is 35.8 Å². The highest BCUT2D eigenvalue weighted by Crippen LogP contribution is 2.28. The largest absolute Gasteiger partial charge is 0.290 e. The van der Waals surface area contributed by atoms with Crippen molar-refractivity contribution in [1.82, 2.24) is 9.55 Å². The minimum Gasteiger partial charge on any atom is -0.290 e. The third-order valence-corrected chi connectivity index (χ3v) is 6.80. The summed E-state index contributed by atoms with van der Waals surface area (Å²) in [4.78, 5) is 18.7. The van der Waals surface area contributed by atoms with Gasteiger partial charge in [-0.2, -0.15) is 0 Å². The van der Waals surface area contributed by atoms with E-state index in [1.807, 2.05) is 35.7 Å². The van der Waals surface area contributed by atoms with Crippen molar-refractivity contribution in [3.63, 3.8) is 0 Å². The summed E-state index contributed by atoms with van der Waals surface area (Å²) in [7, 11) is 1.78. The van der Waals surface area contributed by atoms with E-state index < -0.39 is 0 Å². The Morgan fingerprint density at radius 3 is 2.83 bits per heavy atom. The summed E-state index contributed by atoms with van der Waals surface area (Å²) in [6, 6.07) is 9.72. The number of fused-ring (bicyclic) bond motifs is 1. The number of thiophene rings is 1. The molecule has 23 heavy (non-hydrogen) atoms. The molecule has 0 unspecified atom stereocenters. The topological polar surface area (TPSA) is 34.9 Å². The maximum atomic E-state index is 12.2. The molecule has 120 valence electrons. The molecule has 3 nitrogen and oxygen atoms in total. The molecule has 0 aliphatic rings. The zero-order valence-corrected chi connectivity index (χ0v) is 15.7. The van der Waals surface area contributed by atoms with E-state index in [1.54, 1.807) is 35.1 Å². The third-order valence-electron chi connectivity index (χ3n) is 3.28. The normalized spacial score (nSPS) is 11.2. The molecule has 7 heteroatoms. The van der Waals surface area contributed by atoms with Gasteiger partial charge in [0, 0.05) is 17.7 Å². The summed E-state index contributed by atoms with van der Waals surface area (Å²) >= 11 is 11.0. The Morgan fingerprint density at radius 1 is 1.22 bits per heavy atom. The minimum atomic E-state index is 0.0317. The molecule has 3 aromatic rings. The van der Waals surface area contributed by atoms with E-state index >= 15 is 0 Å². The van der Waals surface area contributed by atoms with Crippen LogP contribution in [0.15, 0.2) is 50.6 Å². The van der Waals surface area contributed by atoms with Gasteiger partial charge in [0.1, 0.15) is 4.83 Å². The van der Waals surface area contributed by atoms with Gasteiger partial charge in [-0.3, -0.25) is 9.36 Å². The van der Waals surface area contributed by atoms with Crippen LogP contribution in [0.1, 0.15) is 6.42 Å². The second-order valence-electron chi connectivity index (χ2n) is 4.88. The number of benzene rings is 1. The van der Waals surface area contributed by atoms with Crippen LogP contribution in [0.4, 0.5) is 0 Å². The van der Waals surface area contributed by atoms with Crippen molar-refractivity contribution in [2.24, 2.45) is 7.05 Å². The maximum Gasteiger partial charge on any atom is 0.262 e. The maximum absolute atomic E-state index is 12.2. The van der Waals surface area contributed by atoms with Crippen molar-refractivity contribution in [1.29, 1.82) is 0 Å². The minimum absolute atomic E-state index is 0.0317. The van der Waals surface area contributed by atoms with E-state index in [4.69, 9.17) is 11.6 Å². The molecule has 3 rings (SSSR count). The smallest absolute Gasteiger partial charge is 0.262 e. The lowest BCUT2D eigenvalue weighted by Gasteiger charge is -2.07. The third kappa shape index (κ3) is 3.94. The monoisotopic (exact) mass is 382 g/mol. The number of rotatable bonds is 6. The number of halogens is 1. The predicted octanol–water partition coefficient (Wildman–Crippen LogP) is 4.92. The van der Waals surface area contributed by atoms with Gasteiger partial charge < -0.3 is 0 Å². The molecular formula is C16H15ClN2OS3. The lowest BCUT2D eigenvalue weighted by atomic mass is 10.4. The summed E-state index contributed by atoms with van der Waals surface area (Å²) in [5, 5.41) is 4.20. The first-order valence-corrected chi connectivity index (χ1v) is 10.3. The lowest BCUT2D eigenvalue weighted by Crippen LogP contribution is -2.19. The van der Waals surface area contributed by atoms with Crippen LogP contribution in [0.25, 0.3) is 10.2 Å². The van der Waals surface area contributed by atoms with Gasteiger partial charge >= 0.3 is 0 Å². The summed E-state index contributed by atoms with van der Waals surface area (Å²) in [5.74, 6) is 1.92. The highest BCUT2D eigenvalue weighted by molar-refractivity contribution is 8.00. The van der Waals surface area contributed by atoms with Gasteiger partial charge in [-0.1, -0.05) is 35.5 Å². The molecule has 0 N–H and O–H groups in total. The van der Waals surface area contributed by atoms with Crippen LogP contribution in [0.3, 0.4) is 0 Å². The Labute approximate surface area is 152 Å². The molecule has 0 atom stereocenters. The number of hydrogen-bond donors (Lipinski definition) is 0. The molecular weight excluding hydrogens is 368 g/mol. The Morgan fingerprint density at radius 2 is 2.00 bits per heavy atom. The summed E-state index contributed by atoms with van der Waals surface area (Å²) in [5.41, 5.74) is 0.0317. The first-order chi connectivity index (χ1) is 11.2. The van der Waals surface area contributed by atoms with Gasteiger partial charge in [0.25, 0.3) is 5.56 Å². The van der Waals surface area contributed by atoms with Crippen molar-refractivity contribution in [2.45, 2.75) is 16.5 Å². The predicted molar refractivity (Wildman–Crippen MR) is 102 cm³/mol. The molecule has 2 heterocycles. The Kier molecular flexibility index (Phi) is 5.69. The SMILES string of the molecule is Cn1c(SCCCSc2ccccc2Cl)nc2sccc2c1=O. The van der Waals surface area contributed by atoms with Crippen molar-refractivity contribution in [2.75, 3.05) is 11.5 Å². The molecule has 0 aliphatic heterocycles. The van der Waals surface area contributed by atoms with Crippen LogP contribution >= 0.6 is 46.5 Å². The molecule has 0 aliphatic carbocycles. The second kappa shape index (κ2) is 7.75. The van der Waals surface area contributed by atoms with Gasteiger partial charge in [0.15, 0.2) is 5.16 Å². The average molecular weight is 383 g/mol. The van der Waals surface area contributed by atoms with Gasteiger partial charge in [-0.15, -0.1) is 23.1 Å². The van der Waals surface area contributed by atoms with E-state index in [1.165, 1.54) is 11.3 Å². The fourth-order valence-corrected chi connectivity index (χ4v) is 5.16. The van der Waals surface area contributed by atoms with Crippen LogP contribution in [-0.2, 0) is 7.05 Å². The number of hydrogen-bond acceptors (Lipinski definition) is 5. The highest BCUT2D eigenvalue weighted by atomic mass is 35.5. The molecule has 1 aromatic carbocycles. The average Bonchev–Trinajstić information content (AvgIpc) is 3.02. The number of nitrogens with zero attached hydrogens (tertiary/aromatic N) is 2. The van der Waals surface area contributed by atoms with E-state index in [-0.39, 0.29) is 5.56 Å². The van der Waals surface area contributed by atoms with Gasteiger partial charge in [0.2, 0.25) is 0 Å². The Hall–Kier alpha value is -0.950. The van der Waals surface area contributed by atoms with Crippen LogP contribution in [0.2, 0.25) is 5.02 Å². The van der Waals surface area contributed by atoms with Crippen molar-refractivity contribution >= 4 is 56.7 Å². The first-order valence-electron chi connectivity index (χ1n) is 7.11. The van der Waals surface area contributed by atoms with Crippen LogP contribution in [0.5, 0.6) is 0 Å². The van der Waals surface area contributed by atoms with Crippen molar-refractivity contribution < 1.29 is 0 Å². The van der Waals surface area contributed by atoms with Crippen LogP contribution in [0, 0.1) is 0 Å². The van der Waals surface area contributed by atoms with Crippen LogP contribution < -0.4 is 5.56 Å². The van der Waals surface area contributed by atoms with E-state index in [2.05, 4.69) is 4.98 Å². The van der Waals surface area contributed by atoms with Gasteiger partial charge in [-0.25, -0.2) is 4.98 Å². The highest BCUT2D eigenvalue weighted by Gasteiger charge is 2.09. The fourth-order valence-electron chi connectivity index (χ4n) is 2.08. The number of thioether (sulfide) groups is 2. The molecule has 0 bridgehead atoms. The molecule has 0 radical (unpaired) electrons. The lowest BCUT2D eigenvalue weighted by molar-refractivity contribution is 0.727. The standard InChI is InChI=1S/C16H15ClN2OS3/c1-19-15(20)11-7-10-22-14(11)18-16(19)23-9-4-8-21-13-6-3-2-5-12(13)17/h2-3,5-7,10H,4,8-9H2,1H3. The molecule has 2 aromatic heterocycles. The Bertz CT molecular complexity index is 875. The molecule has 0 fully saturated rings.